The zero-order chi connectivity index (χ0) is 12.1. The van der Waals surface area contributed by atoms with Gasteiger partial charge >= 0.3 is 0 Å². The maximum absolute atomic E-state index is 9.77. The molecule has 0 aliphatic rings. The molecule has 88 valence electrons. The summed E-state index contributed by atoms with van der Waals surface area (Å²) >= 11 is 0. The highest BCUT2D eigenvalue weighted by atomic mass is 16.5. The first-order chi connectivity index (χ1) is 8.31. The van der Waals surface area contributed by atoms with Gasteiger partial charge < -0.3 is 14.6 Å². The van der Waals surface area contributed by atoms with E-state index < -0.39 is 0 Å². The molecule has 0 saturated heterocycles. The quantitative estimate of drug-likeness (QED) is 0.872. The first-order valence-electron chi connectivity index (χ1n) is 5.49. The third-order valence-electron chi connectivity index (χ3n) is 2.22. The second-order valence-electron chi connectivity index (χ2n) is 3.45. The standard InChI is InChI=1S/C14H14O3/c1-2-16-13-10-6-9-12(15)14(13)17-11-7-4-3-5-8-11/h3-10,15H,2H2,1H3. The van der Waals surface area contributed by atoms with Crippen LogP contribution in [0.25, 0.3) is 0 Å². The third-order valence-corrected chi connectivity index (χ3v) is 2.22. The molecule has 0 saturated carbocycles. The van der Waals surface area contributed by atoms with E-state index in [1.807, 2.05) is 37.3 Å². The van der Waals surface area contributed by atoms with Gasteiger partial charge in [-0.25, -0.2) is 0 Å². The van der Waals surface area contributed by atoms with Crippen molar-refractivity contribution in [3.05, 3.63) is 48.5 Å². The van der Waals surface area contributed by atoms with Crippen molar-refractivity contribution in [1.82, 2.24) is 0 Å². The van der Waals surface area contributed by atoms with Crippen LogP contribution in [0.3, 0.4) is 0 Å². The number of aromatic hydroxyl groups is 1. The largest absolute Gasteiger partial charge is 0.504 e. The number of ether oxygens (including phenoxy) is 2. The van der Waals surface area contributed by atoms with Crippen molar-refractivity contribution in [2.75, 3.05) is 6.61 Å². The Balaban J connectivity index is 2.31. The summed E-state index contributed by atoms with van der Waals surface area (Å²) in [5, 5.41) is 9.77. The molecule has 2 aromatic rings. The van der Waals surface area contributed by atoms with E-state index in [1.54, 1.807) is 18.2 Å². The molecule has 0 atom stereocenters. The fraction of sp³-hybridized carbons (Fsp3) is 0.143. The topological polar surface area (TPSA) is 38.7 Å². The van der Waals surface area contributed by atoms with Gasteiger partial charge in [-0.05, 0) is 31.2 Å². The highest BCUT2D eigenvalue weighted by molar-refractivity contribution is 5.52. The van der Waals surface area contributed by atoms with Crippen LogP contribution < -0.4 is 9.47 Å². The van der Waals surface area contributed by atoms with Crippen LogP contribution in [0.4, 0.5) is 0 Å². The molecule has 0 amide bonds. The van der Waals surface area contributed by atoms with Crippen molar-refractivity contribution in [2.24, 2.45) is 0 Å². The van der Waals surface area contributed by atoms with Crippen LogP contribution in [-0.2, 0) is 0 Å². The molecule has 0 spiro atoms. The van der Waals surface area contributed by atoms with E-state index >= 15 is 0 Å². The number of hydrogen-bond donors (Lipinski definition) is 1. The fourth-order valence-electron chi connectivity index (χ4n) is 1.48. The molecule has 17 heavy (non-hydrogen) atoms. The van der Waals surface area contributed by atoms with Crippen LogP contribution in [0.2, 0.25) is 0 Å². The lowest BCUT2D eigenvalue weighted by molar-refractivity contribution is 0.313. The molecule has 2 rings (SSSR count). The lowest BCUT2D eigenvalue weighted by Gasteiger charge is -2.12. The number of phenols is 1. The normalized spacial score (nSPS) is 9.94. The van der Waals surface area contributed by atoms with Crippen LogP contribution in [0.1, 0.15) is 6.92 Å². The molecular formula is C14H14O3. The van der Waals surface area contributed by atoms with Crippen LogP contribution in [-0.4, -0.2) is 11.7 Å². The van der Waals surface area contributed by atoms with Crippen molar-refractivity contribution in [2.45, 2.75) is 6.92 Å². The summed E-state index contributed by atoms with van der Waals surface area (Å²) in [6, 6.07) is 14.3. The summed E-state index contributed by atoms with van der Waals surface area (Å²) in [7, 11) is 0. The predicted molar refractivity (Wildman–Crippen MR) is 65.8 cm³/mol. The summed E-state index contributed by atoms with van der Waals surface area (Å²) in [6.45, 7) is 2.41. The van der Waals surface area contributed by atoms with E-state index in [2.05, 4.69) is 0 Å². The first-order valence-corrected chi connectivity index (χ1v) is 5.49. The average molecular weight is 230 g/mol. The van der Waals surface area contributed by atoms with Crippen LogP contribution >= 0.6 is 0 Å². The second-order valence-corrected chi connectivity index (χ2v) is 3.45. The number of benzene rings is 2. The van der Waals surface area contributed by atoms with E-state index in [9.17, 15) is 5.11 Å². The minimum atomic E-state index is 0.0693. The van der Waals surface area contributed by atoms with Crippen molar-refractivity contribution in [3.63, 3.8) is 0 Å². The van der Waals surface area contributed by atoms with Gasteiger partial charge in [0.05, 0.1) is 6.61 Å². The van der Waals surface area contributed by atoms with Crippen molar-refractivity contribution >= 4 is 0 Å². The lowest BCUT2D eigenvalue weighted by atomic mass is 10.3. The molecule has 3 heteroatoms. The summed E-state index contributed by atoms with van der Waals surface area (Å²) in [6.07, 6.45) is 0. The van der Waals surface area contributed by atoms with Gasteiger partial charge in [0.1, 0.15) is 5.75 Å². The van der Waals surface area contributed by atoms with E-state index in [4.69, 9.17) is 9.47 Å². The minimum absolute atomic E-state index is 0.0693. The lowest BCUT2D eigenvalue weighted by Crippen LogP contribution is -1.95. The van der Waals surface area contributed by atoms with Crippen LogP contribution in [0, 0.1) is 0 Å². The van der Waals surface area contributed by atoms with Crippen molar-refractivity contribution < 1.29 is 14.6 Å². The van der Waals surface area contributed by atoms with E-state index in [1.165, 1.54) is 0 Å². The van der Waals surface area contributed by atoms with E-state index in [0.717, 1.165) is 0 Å². The van der Waals surface area contributed by atoms with Gasteiger partial charge in [-0.2, -0.15) is 0 Å². The van der Waals surface area contributed by atoms with Crippen molar-refractivity contribution in [1.29, 1.82) is 0 Å². The van der Waals surface area contributed by atoms with E-state index in [-0.39, 0.29) is 5.75 Å². The Kier molecular flexibility index (Phi) is 3.50. The Morgan fingerprint density at radius 1 is 1.00 bits per heavy atom. The van der Waals surface area contributed by atoms with E-state index in [0.29, 0.717) is 23.9 Å². The van der Waals surface area contributed by atoms with Gasteiger partial charge in [-0.3, -0.25) is 0 Å². The molecule has 0 radical (unpaired) electrons. The Bertz CT molecular complexity index is 480. The third kappa shape index (κ3) is 2.69. The predicted octanol–water partition coefficient (Wildman–Crippen LogP) is 3.58. The maximum atomic E-state index is 9.77. The maximum Gasteiger partial charge on any atom is 0.210 e. The first kappa shape index (κ1) is 11.3. The molecule has 0 aromatic heterocycles. The zero-order valence-corrected chi connectivity index (χ0v) is 9.59. The number of rotatable bonds is 4. The fourth-order valence-corrected chi connectivity index (χ4v) is 1.48. The van der Waals surface area contributed by atoms with Gasteiger partial charge in [-0.15, -0.1) is 0 Å². The van der Waals surface area contributed by atoms with Crippen LogP contribution in [0.5, 0.6) is 23.0 Å². The summed E-state index contributed by atoms with van der Waals surface area (Å²) in [5.41, 5.74) is 0. The smallest absolute Gasteiger partial charge is 0.210 e. The Hall–Kier alpha value is -2.16. The molecule has 0 heterocycles. The highest BCUT2D eigenvalue weighted by Crippen LogP contribution is 2.39. The Morgan fingerprint density at radius 3 is 2.47 bits per heavy atom. The summed E-state index contributed by atoms with van der Waals surface area (Å²) in [5.74, 6) is 1.62. The average Bonchev–Trinajstić information content (AvgIpc) is 2.35. The van der Waals surface area contributed by atoms with Gasteiger partial charge in [0.15, 0.2) is 11.5 Å². The van der Waals surface area contributed by atoms with Gasteiger partial charge in [0.25, 0.3) is 0 Å². The van der Waals surface area contributed by atoms with Crippen LogP contribution in [0.15, 0.2) is 48.5 Å². The summed E-state index contributed by atoms with van der Waals surface area (Å²) in [4.78, 5) is 0. The number of hydrogen-bond acceptors (Lipinski definition) is 3. The molecule has 2 aromatic carbocycles. The number of phenolic OH excluding ortho intramolecular Hbond substituents is 1. The zero-order valence-electron chi connectivity index (χ0n) is 9.59. The molecule has 0 bridgehead atoms. The molecule has 0 fully saturated rings. The van der Waals surface area contributed by atoms with Gasteiger partial charge in [-0.1, -0.05) is 24.3 Å². The minimum Gasteiger partial charge on any atom is -0.504 e. The Labute approximate surface area is 100 Å². The number of para-hydroxylation sites is 2. The molecule has 0 aliphatic heterocycles. The SMILES string of the molecule is CCOc1cccc(O)c1Oc1ccccc1. The summed E-state index contributed by atoms with van der Waals surface area (Å²) < 4.78 is 11.0. The van der Waals surface area contributed by atoms with Crippen molar-refractivity contribution in [3.8, 4) is 23.0 Å². The molecular weight excluding hydrogens is 216 g/mol. The van der Waals surface area contributed by atoms with Gasteiger partial charge in [0, 0.05) is 0 Å². The highest BCUT2D eigenvalue weighted by Gasteiger charge is 2.10. The Morgan fingerprint density at radius 2 is 1.76 bits per heavy atom. The molecule has 3 nitrogen and oxygen atoms in total. The molecule has 0 unspecified atom stereocenters. The molecule has 1 N–H and O–H groups in total. The monoisotopic (exact) mass is 230 g/mol. The second kappa shape index (κ2) is 5.25. The van der Waals surface area contributed by atoms with Gasteiger partial charge in [0.2, 0.25) is 5.75 Å². The molecule has 0 aliphatic carbocycles.